The van der Waals surface area contributed by atoms with Crippen molar-refractivity contribution in [2.75, 3.05) is 33.1 Å². The van der Waals surface area contributed by atoms with Gasteiger partial charge in [0.15, 0.2) is 30.4 Å². The summed E-state index contributed by atoms with van der Waals surface area (Å²) in [5.74, 6) is -0.347. The molecule has 2 saturated heterocycles. The van der Waals surface area contributed by atoms with Crippen LogP contribution in [0.5, 0.6) is 5.75 Å². The highest BCUT2D eigenvalue weighted by Crippen LogP contribution is 2.46. The number of benzene rings is 1. The fourth-order valence-corrected chi connectivity index (χ4v) is 10.9. The normalized spacial score (nSPS) is 17.8. The first-order valence-corrected chi connectivity index (χ1v) is 21.9. The van der Waals surface area contributed by atoms with Crippen LogP contribution in [0.3, 0.4) is 0 Å². The summed E-state index contributed by atoms with van der Waals surface area (Å²) in [5.41, 5.74) is 3.91. The van der Waals surface area contributed by atoms with Crippen LogP contribution in [0.4, 0.5) is 0 Å². The number of nitrogens with one attached hydrogen (secondary N) is 1. The SMILES string of the molecule is CO/N=C(\C(=O)C[C@@H]1C(=O)N2C(C(=O)OCc3ccc(OC)cc3)=C(C[n+]3ccc4c(ccn4Cc4cc(C(=N)N5CCCC5)cs4)c3)CS[C@H]12)c1nc(C)sc1Cl.[I-]. The van der Waals surface area contributed by atoms with Gasteiger partial charge < -0.3 is 47.8 Å². The zero-order chi connectivity index (χ0) is 40.5. The highest BCUT2D eigenvalue weighted by Gasteiger charge is 2.55. The summed E-state index contributed by atoms with van der Waals surface area (Å²) < 4.78 is 15.6. The van der Waals surface area contributed by atoms with Crippen molar-refractivity contribution in [1.29, 1.82) is 5.41 Å². The number of halogens is 2. The highest BCUT2D eigenvalue weighted by molar-refractivity contribution is 8.00. The number of hydrogen-bond donors (Lipinski definition) is 1. The number of fused-ring (bicyclic) bond motifs is 2. The lowest BCUT2D eigenvalue weighted by Gasteiger charge is -2.49. The van der Waals surface area contributed by atoms with Crippen molar-refractivity contribution >= 4 is 86.1 Å². The van der Waals surface area contributed by atoms with Gasteiger partial charge in [-0.15, -0.1) is 34.4 Å². The van der Waals surface area contributed by atoms with Gasteiger partial charge in [0, 0.05) is 58.9 Å². The van der Waals surface area contributed by atoms with Gasteiger partial charge in [-0.05, 0) is 49.6 Å². The number of Topliss-reactive ketones (excluding diaryl/α,β-unsaturated/α-hetero) is 1. The van der Waals surface area contributed by atoms with Crippen LogP contribution in [0.15, 0.2) is 82.9 Å². The fourth-order valence-electron chi connectivity index (χ4n) is 7.56. The van der Waals surface area contributed by atoms with E-state index in [0.717, 1.165) is 53.5 Å². The lowest BCUT2D eigenvalue weighted by Crippen LogP contribution is -3.00. The van der Waals surface area contributed by atoms with Crippen LogP contribution in [0.2, 0.25) is 4.34 Å². The number of thioether (sulfide) groups is 1. The molecule has 0 saturated carbocycles. The summed E-state index contributed by atoms with van der Waals surface area (Å²) >= 11 is 10.8. The average molecular weight is 986 g/mol. The summed E-state index contributed by atoms with van der Waals surface area (Å²) in [6, 6.07) is 13.5. The molecule has 3 aliphatic rings. The van der Waals surface area contributed by atoms with Crippen molar-refractivity contribution in [3.63, 3.8) is 0 Å². The largest absolute Gasteiger partial charge is 1.00 e. The Morgan fingerprint density at radius 3 is 2.61 bits per heavy atom. The number of thiophene rings is 1. The van der Waals surface area contributed by atoms with E-state index in [9.17, 15) is 14.4 Å². The zero-order valence-electron chi connectivity index (χ0n) is 32.5. The lowest BCUT2D eigenvalue weighted by molar-refractivity contribution is -0.687. The number of hydrogen-bond acceptors (Lipinski definition) is 12. The molecule has 13 nitrogen and oxygen atoms in total. The van der Waals surface area contributed by atoms with Gasteiger partial charge >= 0.3 is 5.97 Å². The second-order valence-electron chi connectivity index (χ2n) is 14.2. The zero-order valence-corrected chi connectivity index (χ0v) is 37.8. The molecule has 4 aromatic heterocycles. The number of carbonyl (C=O) groups is 3. The van der Waals surface area contributed by atoms with Crippen LogP contribution in [0.1, 0.15) is 46.0 Å². The Morgan fingerprint density at radius 2 is 1.90 bits per heavy atom. The van der Waals surface area contributed by atoms with Crippen LogP contribution in [0.25, 0.3) is 10.9 Å². The number of amides is 1. The number of nitrogens with zero attached hydrogens (tertiary/aromatic N) is 6. The summed E-state index contributed by atoms with van der Waals surface area (Å²) in [7, 11) is 2.92. The number of carbonyl (C=O) groups excluding carboxylic acids is 3. The van der Waals surface area contributed by atoms with Crippen LogP contribution >= 0.6 is 46.0 Å². The van der Waals surface area contributed by atoms with Crippen LogP contribution in [0, 0.1) is 18.3 Å². The number of oxime groups is 1. The van der Waals surface area contributed by atoms with Gasteiger partial charge in [-0.1, -0.05) is 28.9 Å². The van der Waals surface area contributed by atoms with Crippen molar-refractivity contribution in [3.8, 4) is 5.75 Å². The Morgan fingerprint density at radius 1 is 1.12 bits per heavy atom. The van der Waals surface area contributed by atoms with Crippen LogP contribution in [-0.2, 0) is 43.7 Å². The minimum Gasteiger partial charge on any atom is -1.00 e. The summed E-state index contributed by atoms with van der Waals surface area (Å²) in [5, 5.41) is 15.9. The molecule has 1 N–H and O–H groups in total. The van der Waals surface area contributed by atoms with Crippen molar-refractivity contribution in [1.82, 2.24) is 19.4 Å². The van der Waals surface area contributed by atoms with Gasteiger partial charge in [0.1, 0.15) is 41.0 Å². The number of ketones is 1. The van der Waals surface area contributed by atoms with Crippen molar-refractivity contribution in [2.45, 2.75) is 51.3 Å². The average Bonchev–Trinajstić information content (AvgIpc) is 4.07. The van der Waals surface area contributed by atoms with Gasteiger partial charge in [-0.25, -0.2) is 14.3 Å². The van der Waals surface area contributed by atoms with E-state index < -0.39 is 23.0 Å². The molecule has 8 rings (SSSR count). The molecule has 18 heteroatoms. The predicted molar refractivity (Wildman–Crippen MR) is 225 cm³/mol. The molecule has 1 aromatic carbocycles. The molecule has 0 radical (unpaired) electrons. The molecule has 2 atom stereocenters. The smallest absolute Gasteiger partial charge is 0.355 e. The Hall–Kier alpha value is -4.30. The molecule has 3 aliphatic heterocycles. The topological polar surface area (TPSA) is 143 Å². The van der Waals surface area contributed by atoms with Crippen molar-refractivity contribution in [2.24, 2.45) is 11.1 Å². The molecule has 0 aliphatic carbocycles. The summed E-state index contributed by atoms with van der Waals surface area (Å²) in [6.07, 6.45) is 8.21. The summed E-state index contributed by atoms with van der Waals surface area (Å²) in [6.45, 7) is 4.71. The molecule has 59 heavy (non-hydrogen) atoms. The number of likely N-dealkylation sites (tertiary alicyclic amines) is 1. The Bertz CT molecular complexity index is 2480. The first kappa shape index (κ1) is 42.8. The molecule has 0 unspecified atom stereocenters. The van der Waals surface area contributed by atoms with Crippen molar-refractivity contribution < 1.29 is 57.2 Å². The van der Waals surface area contributed by atoms with E-state index in [-0.39, 0.29) is 60.0 Å². The number of amidine groups is 1. The number of rotatable bonds is 14. The minimum atomic E-state index is -0.696. The maximum absolute atomic E-state index is 14.0. The van der Waals surface area contributed by atoms with Gasteiger partial charge in [0.2, 0.25) is 5.91 Å². The summed E-state index contributed by atoms with van der Waals surface area (Å²) in [4.78, 5) is 55.8. The molecule has 7 heterocycles. The number of β-lactam (4-membered cyclic amide) rings is 1. The quantitative estimate of drug-likeness (QED) is 0.0337. The number of ether oxygens (including phenoxy) is 2. The van der Waals surface area contributed by atoms with E-state index >= 15 is 0 Å². The highest BCUT2D eigenvalue weighted by atomic mass is 127. The number of esters is 1. The third-order valence-electron chi connectivity index (χ3n) is 10.5. The van der Waals surface area contributed by atoms with Crippen LogP contribution < -0.4 is 33.3 Å². The molecule has 0 spiro atoms. The van der Waals surface area contributed by atoms with Gasteiger partial charge in [-0.3, -0.25) is 19.9 Å². The Balaban J connectivity index is 0.00000528. The predicted octanol–water partition coefficient (Wildman–Crippen LogP) is 3.43. The third kappa shape index (κ3) is 8.94. The first-order valence-electron chi connectivity index (χ1n) is 18.8. The minimum absolute atomic E-state index is 0. The number of pyridine rings is 1. The monoisotopic (exact) mass is 985 g/mol. The third-order valence-corrected chi connectivity index (χ3v) is 14.0. The van der Waals surface area contributed by atoms with Gasteiger partial charge in [0.05, 0.1) is 40.9 Å². The van der Waals surface area contributed by atoms with E-state index in [2.05, 4.69) is 49.4 Å². The molecule has 308 valence electrons. The second-order valence-corrected chi connectivity index (χ2v) is 18.1. The maximum Gasteiger partial charge on any atom is 0.355 e. The first-order chi connectivity index (χ1) is 28.1. The molecule has 2 fully saturated rings. The number of aromatic nitrogens is 3. The molecular weight excluding hydrogens is 945 g/mol. The second kappa shape index (κ2) is 18.5. The standard InChI is InChI=1S/C41H41ClN7O6S3.HI/c1-24-44-35(37(42)58-24)34(45-54-3)33(50)17-31-39(51)49-36(41(52)55-21-25-6-8-29(53-2)9-7-25)28(23-57-40(31)49)19-46-14-11-32-26(18-46)10-15-48(32)20-30-16-27(22-56-30)38(43)47-12-4-5-13-47;/h6-11,14-16,18,22,31,40,43H,4-5,12-13,17,19-21,23H2,1-3H3;1H/q+1;/p-1/b43-38?,45-34+;/t31-,40-;/m1./s1. The van der Waals surface area contributed by atoms with E-state index in [4.69, 9.17) is 31.3 Å². The Labute approximate surface area is 375 Å². The molecule has 0 bridgehead atoms. The van der Waals surface area contributed by atoms with Gasteiger partial charge in [-0.2, -0.15) is 0 Å². The maximum atomic E-state index is 14.0. The van der Waals surface area contributed by atoms with E-state index in [1.165, 1.54) is 40.0 Å². The van der Waals surface area contributed by atoms with E-state index in [0.29, 0.717) is 39.8 Å². The fraction of sp³-hybridized carbons (Fsp3) is 0.341. The molecular formula is C41H41ClIN7O6S3. The molecule has 5 aromatic rings. The lowest BCUT2D eigenvalue weighted by atomic mass is 9.89. The van der Waals surface area contributed by atoms with Gasteiger partial charge in [0.25, 0.3) is 0 Å². The molecule has 1 amide bonds. The van der Waals surface area contributed by atoms with Crippen molar-refractivity contribution in [3.05, 3.63) is 109 Å². The van der Waals surface area contributed by atoms with Crippen LogP contribution in [-0.4, -0.2) is 87.0 Å². The number of aryl methyl sites for hydroxylation is 1. The number of methoxy groups -OCH3 is 1. The van der Waals surface area contributed by atoms with E-state index in [1.807, 2.05) is 29.1 Å². The Kier molecular flexibility index (Phi) is 13.4. The number of thiazole rings is 1. The van der Waals surface area contributed by atoms with E-state index in [1.54, 1.807) is 37.5 Å².